The number of aliphatic hydroxyl groups is 1. The zero-order valence-corrected chi connectivity index (χ0v) is 11.5. The fourth-order valence-electron chi connectivity index (χ4n) is 2.33. The van der Waals surface area contributed by atoms with E-state index in [9.17, 15) is 5.11 Å². The monoisotopic (exact) mass is 268 g/mol. The van der Waals surface area contributed by atoms with E-state index in [1.807, 2.05) is 18.2 Å². The molecule has 2 nitrogen and oxygen atoms in total. The van der Waals surface area contributed by atoms with Crippen molar-refractivity contribution in [2.75, 3.05) is 6.61 Å². The molecule has 1 fully saturated rings. The van der Waals surface area contributed by atoms with Crippen LogP contribution in [0.5, 0.6) is 5.75 Å². The average molecular weight is 268 g/mol. The third-order valence-electron chi connectivity index (χ3n) is 3.76. The number of ether oxygens (including phenoxy) is 1. The van der Waals surface area contributed by atoms with Crippen molar-refractivity contribution in [3.05, 3.63) is 65.7 Å². The average Bonchev–Trinajstić information content (AvgIpc) is 3.32. The molecule has 104 valence electrons. The predicted octanol–water partition coefficient (Wildman–Crippen LogP) is 3.43. The normalized spacial score (nSPS) is 15.8. The molecule has 0 spiro atoms. The molecule has 1 N–H and O–H groups in total. The summed E-state index contributed by atoms with van der Waals surface area (Å²) in [6.45, 7) is 0.405. The molecule has 0 radical (unpaired) electrons. The Morgan fingerprint density at radius 3 is 2.25 bits per heavy atom. The van der Waals surface area contributed by atoms with Gasteiger partial charge in [-0.2, -0.15) is 0 Å². The highest BCUT2D eigenvalue weighted by Crippen LogP contribution is 2.32. The second-order valence-corrected chi connectivity index (χ2v) is 5.52. The van der Waals surface area contributed by atoms with E-state index in [4.69, 9.17) is 4.74 Å². The number of aliphatic hydroxyl groups excluding tert-OH is 1. The summed E-state index contributed by atoms with van der Waals surface area (Å²) in [7, 11) is 0. The highest BCUT2D eigenvalue weighted by atomic mass is 16.5. The van der Waals surface area contributed by atoms with Gasteiger partial charge in [-0.05, 0) is 48.4 Å². The quantitative estimate of drug-likeness (QED) is 0.869. The van der Waals surface area contributed by atoms with Crippen molar-refractivity contribution < 1.29 is 9.84 Å². The zero-order chi connectivity index (χ0) is 13.8. The Morgan fingerprint density at radius 2 is 1.60 bits per heavy atom. The van der Waals surface area contributed by atoms with Crippen LogP contribution in [0.15, 0.2) is 54.6 Å². The third-order valence-corrected chi connectivity index (χ3v) is 3.76. The molecule has 0 bridgehead atoms. The molecule has 1 atom stereocenters. The third kappa shape index (κ3) is 3.61. The molecular formula is C18H20O2. The summed E-state index contributed by atoms with van der Waals surface area (Å²) < 4.78 is 5.62. The molecule has 1 saturated carbocycles. The lowest BCUT2D eigenvalue weighted by molar-refractivity contribution is 0.0894. The van der Waals surface area contributed by atoms with Crippen LogP contribution in [-0.4, -0.2) is 17.8 Å². The van der Waals surface area contributed by atoms with Gasteiger partial charge < -0.3 is 9.84 Å². The summed E-state index contributed by atoms with van der Waals surface area (Å²) in [5.74, 6) is 1.30. The lowest BCUT2D eigenvalue weighted by Crippen LogP contribution is -2.19. The Morgan fingerprint density at radius 1 is 0.950 bits per heavy atom. The van der Waals surface area contributed by atoms with Crippen molar-refractivity contribution in [2.45, 2.75) is 25.4 Å². The smallest absolute Gasteiger partial charge is 0.119 e. The van der Waals surface area contributed by atoms with E-state index in [1.165, 1.54) is 11.1 Å². The Kier molecular flexibility index (Phi) is 4.03. The van der Waals surface area contributed by atoms with E-state index < -0.39 is 0 Å². The first-order chi connectivity index (χ1) is 9.81. The van der Waals surface area contributed by atoms with Crippen molar-refractivity contribution >= 4 is 0 Å². The highest BCUT2D eigenvalue weighted by molar-refractivity contribution is 5.31. The van der Waals surface area contributed by atoms with Crippen molar-refractivity contribution in [2.24, 2.45) is 5.92 Å². The minimum absolute atomic E-state index is 0.306. The minimum atomic E-state index is -0.306. The van der Waals surface area contributed by atoms with Crippen LogP contribution in [0.4, 0.5) is 0 Å². The van der Waals surface area contributed by atoms with Crippen LogP contribution < -0.4 is 4.74 Å². The lowest BCUT2D eigenvalue weighted by atomic mass is 10.1. The lowest BCUT2D eigenvalue weighted by Gasteiger charge is -2.11. The van der Waals surface area contributed by atoms with Gasteiger partial charge in [0.1, 0.15) is 12.4 Å². The summed E-state index contributed by atoms with van der Waals surface area (Å²) in [5.41, 5.74) is 2.58. The summed E-state index contributed by atoms with van der Waals surface area (Å²) in [6, 6.07) is 18.6. The van der Waals surface area contributed by atoms with Gasteiger partial charge in [-0.1, -0.05) is 42.5 Å². The van der Waals surface area contributed by atoms with Gasteiger partial charge in [-0.15, -0.1) is 0 Å². The Hall–Kier alpha value is -1.80. The van der Waals surface area contributed by atoms with Gasteiger partial charge in [-0.25, -0.2) is 0 Å². The van der Waals surface area contributed by atoms with Crippen LogP contribution >= 0.6 is 0 Å². The maximum absolute atomic E-state index is 9.77. The summed E-state index contributed by atoms with van der Waals surface area (Å²) in [4.78, 5) is 0. The first kappa shape index (κ1) is 13.2. The molecule has 1 aliphatic carbocycles. The second kappa shape index (κ2) is 6.10. The first-order valence-corrected chi connectivity index (χ1v) is 7.25. The molecule has 1 aliphatic rings. The largest absolute Gasteiger partial charge is 0.491 e. The second-order valence-electron chi connectivity index (χ2n) is 5.52. The van der Waals surface area contributed by atoms with Crippen molar-refractivity contribution in [3.63, 3.8) is 0 Å². The van der Waals surface area contributed by atoms with Gasteiger partial charge in [0.2, 0.25) is 0 Å². The van der Waals surface area contributed by atoms with Gasteiger partial charge in [0.05, 0.1) is 6.10 Å². The maximum atomic E-state index is 9.77. The molecule has 2 heteroatoms. The molecule has 1 unspecified atom stereocenters. The fourth-order valence-corrected chi connectivity index (χ4v) is 2.33. The molecule has 0 amide bonds. The van der Waals surface area contributed by atoms with E-state index in [1.54, 1.807) is 0 Å². The standard InChI is InChI=1S/C18H20O2/c19-18(16-8-9-16)13-20-17-10-6-15(7-11-17)12-14-4-2-1-3-5-14/h1-7,10-11,16,18-19H,8-9,12-13H2. The van der Waals surface area contributed by atoms with E-state index in [2.05, 4.69) is 36.4 Å². The number of hydrogen-bond acceptors (Lipinski definition) is 2. The summed E-state index contributed by atoms with van der Waals surface area (Å²) in [6.07, 6.45) is 2.91. The Labute approximate surface area is 120 Å². The fraction of sp³-hybridized carbons (Fsp3) is 0.333. The van der Waals surface area contributed by atoms with E-state index in [0.717, 1.165) is 25.0 Å². The summed E-state index contributed by atoms with van der Waals surface area (Å²) >= 11 is 0. The maximum Gasteiger partial charge on any atom is 0.119 e. The van der Waals surface area contributed by atoms with Crippen LogP contribution in [0.25, 0.3) is 0 Å². The highest BCUT2D eigenvalue weighted by Gasteiger charge is 2.29. The topological polar surface area (TPSA) is 29.5 Å². The van der Waals surface area contributed by atoms with Crippen LogP contribution in [0.1, 0.15) is 24.0 Å². The van der Waals surface area contributed by atoms with Crippen LogP contribution in [0.2, 0.25) is 0 Å². The first-order valence-electron chi connectivity index (χ1n) is 7.25. The van der Waals surface area contributed by atoms with Gasteiger partial charge >= 0.3 is 0 Å². The summed E-state index contributed by atoms with van der Waals surface area (Å²) in [5, 5.41) is 9.77. The minimum Gasteiger partial charge on any atom is -0.491 e. The number of benzene rings is 2. The molecule has 0 saturated heterocycles. The van der Waals surface area contributed by atoms with Gasteiger partial charge in [0.15, 0.2) is 0 Å². The molecule has 0 aromatic heterocycles. The van der Waals surface area contributed by atoms with Crippen molar-refractivity contribution in [1.29, 1.82) is 0 Å². The Bertz CT molecular complexity index is 529. The SMILES string of the molecule is OC(COc1ccc(Cc2ccccc2)cc1)C1CC1. The van der Waals surface area contributed by atoms with Gasteiger partial charge in [0.25, 0.3) is 0 Å². The number of rotatable bonds is 6. The van der Waals surface area contributed by atoms with Crippen molar-refractivity contribution in [3.8, 4) is 5.75 Å². The van der Waals surface area contributed by atoms with Crippen LogP contribution in [0, 0.1) is 5.92 Å². The molecule has 3 rings (SSSR count). The van der Waals surface area contributed by atoms with Crippen LogP contribution in [0.3, 0.4) is 0 Å². The van der Waals surface area contributed by atoms with E-state index in [0.29, 0.717) is 12.5 Å². The number of hydrogen-bond donors (Lipinski definition) is 1. The molecule has 0 heterocycles. The zero-order valence-electron chi connectivity index (χ0n) is 11.5. The molecule has 2 aromatic rings. The predicted molar refractivity (Wildman–Crippen MR) is 79.9 cm³/mol. The molecular weight excluding hydrogens is 248 g/mol. The van der Waals surface area contributed by atoms with Gasteiger partial charge in [0, 0.05) is 0 Å². The molecule has 20 heavy (non-hydrogen) atoms. The van der Waals surface area contributed by atoms with Crippen LogP contribution in [-0.2, 0) is 6.42 Å². The van der Waals surface area contributed by atoms with Gasteiger partial charge in [-0.3, -0.25) is 0 Å². The van der Waals surface area contributed by atoms with Crippen molar-refractivity contribution in [1.82, 2.24) is 0 Å². The molecule has 2 aromatic carbocycles. The van der Waals surface area contributed by atoms with E-state index >= 15 is 0 Å². The van der Waals surface area contributed by atoms with E-state index in [-0.39, 0.29) is 6.10 Å². The molecule has 0 aliphatic heterocycles. The Balaban J connectivity index is 1.54.